The molecule has 1 heterocycles. The normalized spacial score (nSPS) is 16.4. The van der Waals surface area contributed by atoms with Crippen molar-refractivity contribution in [3.8, 4) is 0 Å². The number of halogens is 1. The molecule has 0 radical (unpaired) electrons. The standard InChI is InChI=1S/C14H22ClN3O/c1-3-11-9-12(18(4-2)17-11)13(19)16-10-14(5-6-14)7-8-15/h9H,3-8,10H2,1-2H3,(H,16,19). The highest BCUT2D eigenvalue weighted by Crippen LogP contribution is 2.48. The van der Waals surface area contributed by atoms with Gasteiger partial charge < -0.3 is 5.32 Å². The molecule has 1 aromatic rings. The highest BCUT2D eigenvalue weighted by atomic mass is 35.5. The van der Waals surface area contributed by atoms with E-state index in [1.165, 1.54) is 12.8 Å². The summed E-state index contributed by atoms with van der Waals surface area (Å²) in [5.41, 5.74) is 1.90. The zero-order valence-corrected chi connectivity index (χ0v) is 12.5. The van der Waals surface area contributed by atoms with E-state index in [1.54, 1.807) is 4.68 Å². The van der Waals surface area contributed by atoms with Gasteiger partial charge in [0.15, 0.2) is 0 Å². The Hall–Kier alpha value is -1.03. The first kappa shape index (κ1) is 14.4. The van der Waals surface area contributed by atoms with Crippen LogP contribution in [0.25, 0.3) is 0 Å². The third kappa shape index (κ3) is 3.30. The molecule has 19 heavy (non-hydrogen) atoms. The van der Waals surface area contributed by atoms with Crippen LogP contribution in [0.5, 0.6) is 0 Å². The Morgan fingerprint density at radius 1 is 1.53 bits per heavy atom. The summed E-state index contributed by atoms with van der Waals surface area (Å²) in [7, 11) is 0. The van der Waals surface area contributed by atoms with Crippen molar-refractivity contribution in [2.75, 3.05) is 12.4 Å². The molecule has 4 nitrogen and oxygen atoms in total. The van der Waals surface area contributed by atoms with Gasteiger partial charge in [0.2, 0.25) is 0 Å². The van der Waals surface area contributed by atoms with Crippen molar-refractivity contribution in [2.24, 2.45) is 5.41 Å². The number of nitrogens with zero attached hydrogens (tertiary/aromatic N) is 2. The molecule has 0 unspecified atom stereocenters. The second-order valence-corrected chi connectivity index (χ2v) is 5.69. The quantitative estimate of drug-likeness (QED) is 0.782. The number of hydrogen-bond acceptors (Lipinski definition) is 2. The monoisotopic (exact) mass is 283 g/mol. The Kier molecular flexibility index (Phi) is 4.50. The third-order valence-electron chi connectivity index (χ3n) is 3.93. The summed E-state index contributed by atoms with van der Waals surface area (Å²) in [6, 6.07) is 1.89. The van der Waals surface area contributed by atoms with Crippen molar-refractivity contribution in [3.05, 3.63) is 17.5 Å². The maximum Gasteiger partial charge on any atom is 0.269 e. The predicted octanol–water partition coefficient (Wildman–Crippen LogP) is 2.60. The number of carbonyl (C=O) groups excluding carboxylic acids is 1. The van der Waals surface area contributed by atoms with Gasteiger partial charge in [-0.1, -0.05) is 6.92 Å². The Morgan fingerprint density at radius 2 is 2.26 bits per heavy atom. The van der Waals surface area contributed by atoms with Gasteiger partial charge in [0.1, 0.15) is 5.69 Å². The number of alkyl halides is 1. The van der Waals surface area contributed by atoms with E-state index in [-0.39, 0.29) is 11.3 Å². The maximum absolute atomic E-state index is 12.2. The Bertz CT molecular complexity index is 452. The van der Waals surface area contributed by atoms with Crippen LogP contribution in [0.2, 0.25) is 0 Å². The fourth-order valence-electron chi connectivity index (χ4n) is 2.32. The molecule has 1 fully saturated rings. The van der Waals surface area contributed by atoms with Gasteiger partial charge in [-0.05, 0) is 44.1 Å². The molecular weight excluding hydrogens is 262 g/mol. The molecule has 0 saturated heterocycles. The molecule has 1 aliphatic carbocycles. The zero-order chi connectivity index (χ0) is 13.9. The fourth-order valence-corrected chi connectivity index (χ4v) is 2.72. The summed E-state index contributed by atoms with van der Waals surface area (Å²) in [5, 5.41) is 7.44. The molecule has 1 saturated carbocycles. The lowest BCUT2D eigenvalue weighted by Gasteiger charge is -2.14. The largest absolute Gasteiger partial charge is 0.350 e. The van der Waals surface area contributed by atoms with Gasteiger partial charge in [-0.15, -0.1) is 11.6 Å². The molecule has 2 rings (SSSR count). The van der Waals surface area contributed by atoms with E-state index in [2.05, 4.69) is 10.4 Å². The second-order valence-electron chi connectivity index (χ2n) is 5.31. The smallest absolute Gasteiger partial charge is 0.269 e. The fraction of sp³-hybridized carbons (Fsp3) is 0.714. The zero-order valence-electron chi connectivity index (χ0n) is 11.7. The summed E-state index contributed by atoms with van der Waals surface area (Å²) in [5.74, 6) is 0.651. The van der Waals surface area contributed by atoms with E-state index >= 15 is 0 Å². The van der Waals surface area contributed by atoms with Gasteiger partial charge in [0.05, 0.1) is 5.69 Å². The lowest BCUT2D eigenvalue weighted by Crippen LogP contribution is -2.32. The van der Waals surface area contributed by atoms with Gasteiger partial charge in [0.25, 0.3) is 5.91 Å². The van der Waals surface area contributed by atoms with Gasteiger partial charge in [0, 0.05) is 19.0 Å². The van der Waals surface area contributed by atoms with Crippen molar-refractivity contribution in [2.45, 2.75) is 46.1 Å². The van der Waals surface area contributed by atoms with E-state index in [1.807, 2.05) is 19.9 Å². The van der Waals surface area contributed by atoms with Crippen LogP contribution < -0.4 is 5.32 Å². The maximum atomic E-state index is 12.2. The number of aromatic nitrogens is 2. The number of amides is 1. The van der Waals surface area contributed by atoms with E-state index in [0.29, 0.717) is 11.6 Å². The minimum absolute atomic E-state index is 0.0186. The summed E-state index contributed by atoms with van der Waals surface area (Å²) in [6.07, 6.45) is 4.19. The molecule has 0 bridgehead atoms. The molecule has 1 aromatic heterocycles. The Balaban J connectivity index is 1.98. The van der Waals surface area contributed by atoms with E-state index in [0.717, 1.165) is 31.6 Å². The predicted molar refractivity (Wildman–Crippen MR) is 76.6 cm³/mol. The van der Waals surface area contributed by atoms with E-state index in [9.17, 15) is 4.79 Å². The van der Waals surface area contributed by atoms with E-state index < -0.39 is 0 Å². The van der Waals surface area contributed by atoms with Crippen molar-refractivity contribution in [1.82, 2.24) is 15.1 Å². The van der Waals surface area contributed by atoms with Gasteiger partial charge in [-0.2, -0.15) is 5.10 Å². The van der Waals surface area contributed by atoms with Crippen LogP contribution in [0.4, 0.5) is 0 Å². The van der Waals surface area contributed by atoms with Gasteiger partial charge >= 0.3 is 0 Å². The first-order valence-electron chi connectivity index (χ1n) is 7.05. The molecule has 1 N–H and O–H groups in total. The summed E-state index contributed by atoms with van der Waals surface area (Å²) in [4.78, 5) is 12.2. The lowest BCUT2D eigenvalue weighted by atomic mass is 10.0. The van der Waals surface area contributed by atoms with Crippen LogP contribution in [0.15, 0.2) is 6.07 Å². The highest BCUT2D eigenvalue weighted by Gasteiger charge is 2.41. The number of aryl methyl sites for hydroxylation is 2. The third-order valence-corrected chi connectivity index (χ3v) is 4.12. The molecule has 0 atom stereocenters. The van der Waals surface area contributed by atoms with Crippen LogP contribution in [-0.4, -0.2) is 28.1 Å². The van der Waals surface area contributed by atoms with Crippen molar-refractivity contribution >= 4 is 17.5 Å². The second kappa shape index (κ2) is 5.95. The van der Waals surface area contributed by atoms with Gasteiger partial charge in [-0.3, -0.25) is 9.48 Å². The minimum Gasteiger partial charge on any atom is -0.350 e. The summed E-state index contributed by atoms with van der Waals surface area (Å²) in [6.45, 7) is 5.49. The average Bonchev–Trinajstić information content (AvgIpc) is 3.05. The first-order valence-corrected chi connectivity index (χ1v) is 7.58. The summed E-state index contributed by atoms with van der Waals surface area (Å²) >= 11 is 5.80. The van der Waals surface area contributed by atoms with Crippen molar-refractivity contribution < 1.29 is 4.79 Å². The number of hydrogen-bond donors (Lipinski definition) is 1. The highest BCUT2D eigenvalue weighted by molar-refractivity contribution is 6.17. The molecule has 0 spiro atoms. The lowest BCUT2D eigenvalue weighted by molar-refractivity contribution is 0.0933. The average molecular weight is 284 g/mol. The van der Waals surface area contributed by atoms with Crippen molar-refractivity contribution in [3.63, 3.8) is 0 Å². The number of rotatable bonds is 7. The van der Waals surface area contributed by atoms with Crippen LogP contribution in [0, 0.1) is 5.41 Å². The Morgan fingerprint density at radius 3 is 2.79 bits per heavy atom. The molecule has 106 valence electrons. The molecule has 0 aromatic carbocycles. The minimum atomic E-state index is -0.0186. The molecular formula is C14H22ClN3O. The number of carbonyl (C=O) groups is 1. The van der Waals surface area contributed by atoms with Crippen molar-refractivity contribution in [1.29, 1.82) is 0 Å². The van der Waals surface area contributed by atoms with Crippen LogP contribution in [-0.2, 0) is 13.0 Å². The SMILES string of the molecule is CCc1cc(C(=O)NCC2(CCCl)CC2)n(CC)n1. The number of nitrogens with one attached hydrogen (secondary N) is 1. The summed E-state index contributed by atoms with van der Waals surface area (Å²) < 4.78 is 1.77. The van der Waals surface area contributed by atoms with Crippen LogP contribution >= 0.6 is 11.6 Å². The first-order chi connectivity index (χ1) is 9.14. The van der Waals surface area contributed by atoms with Crippen LogP contribution in [0.3, 0.4) is 0 Å². The molecule has 1 aliphatic rings. The van der Waals surface area contributed by atoms with E-state index in [4.69, 9.17) is 11.6 Å². The molecule has 0 aliphatic heterocycles. The van der Waals surface area contributed by atoms with Gasteiger partial charge in [-0.25, -0.2) is 0 Å². The Labute approximate surface area is 119 Å². The molecule has 1 amide bonds. The van der Waals surface area contributed by atoms with Crippen LogP contribution in [0.1, 0.15) is 49.3 Å². The molecule has 5 heteroatoms. The topological polar surface area (TPSA) is 46.9 Å².